The van der Waals surface area contributed by atoms with Gasteiger partial charge in [-0.2, -0.15) is 0 Å². The monoisotopic (exact) mass is 213 g/mol. The minimum atomic E-state index is 0.453. The lowest BCUT2D eigenvalue weighted by atomic mass is 10.1. The lowest BCUT2D eigenvalue weighted by Gasteiger charge is -2.04. The Morgan fingerprint density at radius 1 is 1.38 bits per heavy atom. The number of hydrogen-bond acceptors (Lipinski definition) is 2. The third-order valence-electron chi connectivity index (χ3n) is 3.06. The van der Waals surface area contributed by atoms with Gasteiger partial charge in [0.25, 0.3) is 0 Å². The number of nitrogens with one attached hydrogen (secondary N) is 1. The van der Waals surface area contributed by atoms with Gasteiger partial charge in [0.1, 0.15) is 5.84 Å². The first-order chi connectivity index (χ1) is 7.75. The van der Waals surface area contributed by atoms with Crippen LogP contribution in [-0.4, -0.2) is 23.0 Å². The summed E-state index contributed by atoms with van der Waals surface area (Å²) in [5.41, 5.74) is 2.46. The molecular formula is C13H15N3. The number of aliphatic imine (C=N–C) groups is 1. The number of nitrogens with zero attached hydrogens (tertiary/aromatic N) is 2. The molecule has 82 valence electrons. The van der Waals surface area contributed by atoms with Crippen LogP contribution in [0.5, 0.6) is 0 Å². The van der Waals surface area contributed by atoms with Gasteiger partial charge in [-0.15, -0.1) is 0 Å². The number of aromatic nitrogens is 1. The lowest BCUT2D eigenvalue weighted by molar-refractivity contribution is 0.726. The van der Waals surface area contributed by atoms with Gasteiger partial charge in [0, 0.05) is 35.8 Å². The standard InChI is InChI=1S/C13H15N3/c1-9-7-14-13(15-9)11-8-16(2)12-6-4-3-5-10(11)12/h3-6,8-9H,7H2,1-2H3,(H,14,15). The van der Waals surface area contributed by atoms with Crippen molar-refractivity contribution in [2.45, 2.75) is 13.0 Å². The van der Waals surface area contributed by atoms with Crippen LogP contribution < -0.4 is 5.32 Å². The first-order valence-electron chi connectivity index (χ1n) is 5.61. The molecule has 1 atom stereocenters. The Balaban J connectivity index is 2.18. The summed E-state index contributed by atoms with van der Waals surface area (Å²) in [4.78, 5) is 4.54. The third kappa shape index (κ3) is 1.32. The maximum Gasteiger partial charge on any atom is 0.130 e. The Labute approximate surface area is 94.8 Å². The van der Waals surface area contributed by atoms with Crippen molar-refractivity contribution in [2.75, 3.05) is 6.54 Å². The summed E-state index contributed by atoms with van der Waals surface area (Å²) in [6.45, 7) is 3.03. The SMILES string of the molecule is CC1CN=C(c2cn(C)c3ccccc23)N1. The molecule has 0 saturated heterocycles. The normalized spacial score (nSPS) is 19.9. The fourth-order valence-corrected chi connectivity index (χ4v) is 2.25. The first kappa shape index (κ1) is 9.46. The summed E-state index contributed by atoms with van der Waals surface area (Å²) in [5.74, 6) is 1.03. The second kappa shape index (κ2) is 3.37. The molecule has 0 saturated carbocycles. The molecule has 3 nitrogen and oxygen atoms in total. The van der Waals surface area contributed by atoms with Gasteiger partial charge in [-0.05, 0) is 13.0 Å². The van der Waals surface area contributed by atoms with E-state index in [1.54, 1.807) is 0 Å². The number of hydrogen-bond donors (Lipinski definition) is 1. The lowest BCUT2D eigenvalue weighted by Crippen LogP contribution is -2.27. The largest absolute Gasteiger partial charge is 0.365 e. The third-order valence-corrected chi connectivity index (χ3v) is 3.06. The molecule has 1 aliphatic rings. The summed E-state index contributed by atoms with van der Waals surface area (Å²) in [6, 6.07) is 8.88. The first-order valence-corrected chi connectivity index (χ1v) is 5.61. The summed E-state index contributed by atoms with van der Waals surface area (Å²) < 4.78 is 2.15. The molecule has 1 aromatic carbocycles. The van der Waals surface area contributed by atoms with E-state index in [9.17, 15) is 0 Å². The van der Waals surface area contributed by atoms with E-state index in [4.69, 9.17) is 0 Å². The molecule has 0 bridgehead atoms. The highest BCUT2D eigenvalue weighted by Crippen LogP contribution is 2.21. The quantitative estimate of drug-likeness (QED) is 0.770. The Morgan fingerprint density at radius 3 is 2.94 bits per heavy atom. The zero-order chi connectivity index (χ0) is 11.1. The molecule has 1 aliphatic heterocycles. The van der Waals surface area contributed by atoms with Gasteiger partial charge in [-0.25, -0.2) is 0 Å². The zero-order valence-electron chi connectivity index (χ0n) is 9.57. The van der Waals surface area contributed by atoms with Crippen LogP contribution in [0.3, 0.4) is 0 Å². The second-order valence-corrected chi connectivity index (χ2v) is 4.41. The summed E-state index contributed by atoms with van der Waals surface area (Å²) >= 11 is 0. The van der Waals surface area contributed by atoms with Crippen LogP contribution in [0, 0.1) is 0 Å². The van der Waals surface area contributed by atoms with Crippen molar-refractivity contribution in [1.29, 1.82) is 0 Å². The summed E-state index contributed by atoms with van der Waals surface area (Å²) in [6.07, 6.45) is 2.15. The van der Waals surface area contributed by atoms with Crippen molar-refractivity contribution in [3.8, 4) is 0 Å². The highest BCUT2D eigenvalue weighted by Gasteiger charge is 2.17. The molecule has 2 aromatic rings. The molecule has 1 unspecified atom stereocenters. The number of aryl methyl sites for hydroxylation is 1. The maximum atomic E-state index is 4.54. The molecule has 1 N–H and O–H groups in total. The molecule has 0 radical (unpaired) electrons. The smallest absolute Gasteiger partial charge is 0.130 e. The van der Waals surface area contributed by atoms with Crippen molar-refractivity contribution >= 4 is 16.7 Å². The molecule has 3 rings (SSSR count). The predicted octanol–water partition coefficient (Wildman–Crippen LogP) is 1.92. The maximum absolute atomic E-state index is 4.54. The minimum Gasteiger partial charge on any atom is -0.365 e. The van der Waals surface area contributed by atoms with Gasteiger partial charge in [-0.1, -0.05) is 18.2 Å². The van der Waals surface area contributed by atoms with Crippen LogP contribution in [0.4, 0.5) is 0 Å². The van der Waals surface area contributed by atoms with Crippen LogP contribution in [0.25, 0.3) is 10.9 Å². The van der Waals surface area contributed by atoms with Gasteiger partial charge in [0.15, 0.2) is 0 Å². The van der Waals surface area contributed by atoms with Crippen molar-refractivity contribution in [1.82, 2.24) is 9.88 Å². The molecule has 0 aliphatic carbocycles. The number of para-hydroxylation sites is 1. The molecule has 0 fully saturated rings. The predicted molar refractivity (Wildman–Crippen MR) is 66.9 cm³/mol. The Morgan fingerprint density at radius 2 is 2.19 bits per heavy atom. The minimum absolute atomic E-state index is 0.453. The van der Waals surface area contributed by atoms with E-state index >= 15 is 0 Å². The van der Waals surface area contributed by atoms with E-state index in [2.05, 4.69) is 59.3 Å². The molecule has 1 aromatic heterocycles. The van der Waals surface area contributed by atoms with Crippen LogP contribution in [0.1, 0.15) is 12.5 Å². The van der Waals surface area contributed by atoms with Crippen LogP contribution >= 0.6 is 0 Å². The van der Waals surface area contributed by atoms with E-state index in [1.165, 1.54) is 16.5 Å². The van der Waals surface area contributed by atoms with E-state index in [1.807, 2.05) is 0 Å². The van der Waals surface area contributed by atoms with Crippen molar-refractivity contribution in [3.63, 3.8) is 0 Å². The fraction of sp³-hybridized carbons (Fsp3) is 0.308. The van der Waals surface area contributed by atoms with Gasteiger partial charge in [0.05, 0.1) is 6.54 Å². The van der Waals surface area contributed by atoms with E-state index in [0.29, 0.717) is 6.04 Å². The fourth-order valence-electron chi connectivity index (χ4n) is 2.25. The molecule has 3 heteroatoms. The van der Waals surface area contributed by atoms with Crippen molar-refractivity contribution in [3.05, 3.63) is 36.0 Å². The molecule has 2 heterocycles. The number of amidine groups is 1. The van der Waals surface area contributed by atoms with E-state index < -0.39 is 0 Å². The highest BCUT2D eigenvalue weighted by molar-refractivity contribution is 6.10. The average molecular weight is 213 g/mol. The van der Waals surface area contributed by atoms with Crippen LogP contribution in [0.15, 0.2) is 35.5 Å². The highest BCUT2D eigenvalue weighted by atomic mass is 15.1. The second-order valence-electron chi connectivity index (χ2n) is 4.41. The summed E-state index contributed by atoms with van der Waals surface area (Å²) in [5, 5.41) is 4.68. The average Bonchev–Trinajstić information content (AvgIpc) is 2.84. The van der Waals surface area contributed by atoms with Crippen molar-refractivity contribution < 1.29 is 0 Å². The van der Waals surface area contributed by atoms with Crippen molar-refractivity contribution in [2.24, 2.45) is 12.0 Å². The molecular weight excluding hydrogens is 198 g/mol. The Bertz CT molecular complexity index is 566. The summed E-state index contributed by atoms with van der Waals surface area (Å²) in [7, 11) is 2.07. The van der Waals surface area contributed by atoms with Crippen LogP contribution in [-0.2, 0) is 7.05 Å². The number of fused-ring (bicyclic) bond motifs is 1. The van der Waals surface area contributed by atoms with Gasteiger partial charge < -0.3 is 9.88 Å². The molecule has 0 amide bonds. The van der Waals surface area contributed by atoms with Gasteiger partial charge >= 0.3 is 0 Å². The zero-order valence-corrected chi connectivity index (χ0v) is 9.57. The van der Waals surface area contributed by atoms with Gasteiger partial charge in [-0.3, -0.25) is 4.99 Å². The topological polar surface area (TPSA) is 29.3 Å². The van der Waals surface area contributed by atoms with Crippen LogP contribution in [0.2, 0.25) is 0 Å². The molecule has 0 spiro atoms. The van der Waals surface area contributed by atoms with Gasteiger partial charge in [0.2, 0.25) is 0 Å². The Kier molecular flexibility index (Phi) is 1.99. The Hall–Kier alpha value is -1.77. The number of benzene rings is 1. The molecule has 16 heavy (non-hydrogen) atoms. The van der Waals surface area contributed by atoms with E-state index in [0.717, 1.165) is 12.4 Å². The van der Waals surface area contributed by atoms with E-state index in [-0.39, 0.29) is 0 Å². The number of rotatable bonds is 1.